The Morgan fingerprint density at radius 3 is 3.08 bits per heavy atom. The zero-order valence-electron chi connectivity index (χ0n) is 13.3. The smallest absolute Gasteiger partial charge is 0.191 e. The van der Waals surface area contributed by atoms with Crippen LogP contribution in [0.3, 0.4) is 0 Å². The highest BCUT2D eigenvalue weighted by Gasteiger charge is 2.25. The average molecular weight is 429 g/mol. The van der Waals surface area contributed by atoms with Crippen LogP contribution in [-0.2, 0) is 6.54 Å². The first-order valence-corrected chi connectivity index (χ1v) is 9.71. The number of hydrogen-bond acceptors (Lipinski definition) is 4. The summed E-state index contributed by atoms with van der Waals surface area (Å²) in [5.41, 5.74) is 0. The third kappa shape index (κ3) is 4.40. The van der Waals surface area contributed by atoms with Crippen molar-refractivity contribution in [1.29, 1.82) is 0 Å². The number of pyridine rings is 1. The summed E-state index contributed by atoms with van der Waals surface area (Å²) in [5.74, 6) is 1.67. The highest BCUT2D eigenvalue weighted by atomic mass is 79.9. The number of anilines is 1. The molecular weight excluding hydrogens is 410 g/mol. The number of nitrogens with zero attached hydrogens (tertiary/aromatic N) is 3. The highest BCUT2D eigenvalue weighted by Crippen LogP contribution is 2.25. The van der Waals surface area contributed by atoms with Gasteiger partial charge in [0, 0.05) is 37.3 Å². The van der Waals surface area contributed by atoms with Crippen molar-refractivity contribution in [3.63, 3.8) is 0 Å². The van der Waals surface area contributed by atoms with E-state index in [1.54, 1.807) is 24.6 Å². The average Bonchev–Trinajstić information content (AvgIpc) is 3.21. The van der Waals surface area contributed by atoms with Crippen molar-refractivity contribution in [3.8, 4) is 0 Å². The molecule has 0 amide bonds. The summed E-state index contributed by atoms with van der Waals surface area (Å²) in [6.07, 6.45) is 2.81. The fraction of sp³-hybridized carbons (Fsp3) is 0.375. The molecule has 1 fully saturated rings. The Bertz CT molecular complexity index is 720. The van der Waals surface area contributed by atoms with Crippen molar-refractivity contribution in [3.05, 3.63) is 44.1 Å². The molecule has 0 saturated carbocycles. The van der Waals surface area contributed by atoms with Gasteiger partial charge in [0.05, 0.1) is 15.4 Å². The first-order chi connectivity index (χ1) is 11.7. The maximum atomic E-state index is 6.24. The first-order valence-electron chi connectivity index (χ1n) is 7.72. The van der Waals surface area contributed by atoms with E-state index in [0.717, 1.165) is 41.6 Å². The molecule has 0 aromatic carbocycles. The summed E-state index contributed by atoms with van der Waals surface area (Å²) >= 11 is 11.4. The zero-order valence-corrected chi connectivity index (χ0v) is 16.5. The summed E-state index contributed by atoms with van der Waals surface area (Å²) in [6, 6.07) is 8.22. The quantitative estimate of drug-likeness (QED) is 0.578. The van der Waals surface area contributed by atoms with E-state index in [9.17, 15) is 0 Å². The van der Waals surface area contributed by atoms with Gasteiger partial charge in [0.2, 0.25) is 0 Å². The van der Waals surface area contributed by atoms with Crippen molar-refractivity contribution in [2.24, 2.45) is 4.99 Å². The second kappa shape index (κ2) is 8.18. The number of hydrogen-bond donors (Lipinski definition) is 2. The van der Waals surface area contributed by atoms with Crippen molar-refractivity contribution in [1.82, 2.24) is 15.6 Å². The van der Waals surface area contributed by atoms with Crippen LogP contribution < -0.4 is 15.5 Å². The minimum Gasteiger partial charge on any atom is -0.353 e. The predicted octanol–water partition coefficient (Wildman–Crippen LogP) is 3.50. The van der Waals surface area contributed by atoms with Crippen LogP contribution in [0, 0.1) is 0 Å². The topological polar surface area (TPSA) is 52.6 Å². The lowest BCUT2D eigenvalue weighted by Gasteiger charge is -2.20. The number of aliphatic imine (C=N–C) groups is 1. The van der Waals surface area contributed by atoms with Gasteiger partial charge in [-0.1, -0.05) is 11.6 Å². The molecule has 0 bridgehead atoms. The van der Waals surface area contributed by atoms with Crippen LogP contribution in [0.2, 0.25) is 5.02 Å². The molecular formula is C16H19BrClN5S. The first kappa shape index (κ1) is 17.5. The molecule has 1 atom stereocenters. The summed E-state index contributed by atoms with van der Waals surface area (Å²) < 4.78 is 1.14. The van der Waals surface area contributed by atoms with Crippen LogP contribution in [0.25, 0.3) is 0 Å². The molecule has 0 radical (unpaired) electrons. The fourth-order valence-electron chi connectivity index (χ4n) is 2.69. The number of nitrogens with one attached hydrogen (secondary N) is 2. The molecule has 2 aromatic heterocycles. The normalized spacial score (nSPS) is 18.0. The van der Waals surface area contributed by atoms with Crippen LogP contribution in [-0.4, -0.2) is 37.1 Å². The van der Waals surface area contributed by atoms with Gasteiger partial charge in [0.15, 0.2) is 5.96 Å². The van der Waals surface area contributed by atoms with Gasteiger partial charge in [-0.25, -0.2) is 4.98 Å². The second-order valence-corrected chi connectivity index (χ2v) is 8.47. The largest absolute Gasteiger partial charge is 0.353 e. The Hall–Kier alpha value is -1.31. The minimum absolute atomic E-state index is 0.323. The van der Waals surface area contributed by atoms with E-state index in [1.807, 2.05) is 12.1 Å². The molecule has 3 heterocycles. The van der Waals surface area contributed by atoms with E-state index in [2.05, 4.69) is 53.6 Å². The van der Waals surface area contributed by atoms with E-state index >= 15 is 0 Å². The third-order valence-electron chi connectivity index (χ3n) is 3.85. The molecule has 128 valence electrons. The van der Waals surface area contributed by atoms with Crippen LogP contribution in [0.15, 0.2) is 39.2 Å². The van der Waals surface area contributed by atoms with Crippen LogP contribution in [0.4, 0.5) is 5.82 Å². The van der Waals surface area contributed by atoms with Gasteiger partial charge in [-0.05, 0) is 46.6 Å². The zero-order chi connectivity index (χ0) is 16.9. The highest BCUT2D eigenvalue weighted by molar-refractivity contribution is 9.11. The van der Waals surface area contributed by atoms with Crippen LogP contribution in [0.5, 0.6) is 0 Å². The Kier molecular flexibility index (Phi) is 5.97. The maximum absolute atomic E-state index is 6.24. The van der Waals surface area contributed by atoms with E-state index < -0.39 is 0 Å². The maximum Gasteiger partial charge on any atom is 0.191 e. The van der Waals surface area contributed by atoms with Gasteiger partial charge in [0.25, 0.3) is 0 Å². The van der Waals surface area contributed by atoms with Crippen LogP contribution in [0.1, 0.15) is 11.3 Å². The number of halogens is 2. The van der Waals surface area contributed by atoms with Gasteiger partial charge < -0.3 is 15.5 Å². The monoisotopic (exact) mass is 427 g/mol. The van der Waals surface area contributed by atoms with Crippen molar-refractivity contribution in [2.45, 2.75) is 19.0 Å². The SMILES string of the molecule is CN=C(NCc1ccc(Br)s1)NC1CCN(c2ncccc2Cl)C1. The molecule has 24 heavy (non-hydrogen) atoms. The summed E-state index contributed by atoms with van der Waals surface area (Å²) in [4.78, 5) is 12.2. The Balaban J connectivity index is 1.53. The minimum atomic E-state index is 0.323. The Morgan fingerprint density at radius 2 is 2.38 bits per heavy atom. The molecule has 2 N–H and O–H groups in total. The molecule has 1 aliphatic rings. The molecule has 0 aliphatic carbocycles. The number of guanidine groups is 1. The summed E-state index contributed by atoms with van der Waals surface area (Å²) in [5, 5.41) is 7.54. The number of aromatic nitrogens is 1. The molecule has 0 spiro atoms. The van der Waals surface area contributed by atoms with E-state index in [4.69, 9.17) is 11.6 Å². The van der Waals surface area contributed by atoms with Crippen molar-refractivity contribution >= 4 is 50.6 Å². The lowest BCUT2D eigenvalue weighted by molar-refractivity contribution is 0.649. The van der Waals surface area contributed by atoms with Gasteiger partial charge >= 0.3 is 0 Å². The molecule has 1 saturated heterocycles. The van der Waals surface area contributed by atoms with Gasteiger partial charge in [-0.15, -0.1) is 11.3 Å². The van der Waals surface area contributed by atoms with E-state index in [0.29, 0.717) is 11.1 Å². The fourth-order valence-corrected chi connectivity index (χ4v) is 4.35. The molecule has 5 nitrogen and oxygen atoms in total. The van der Waals surface area contributed by atoms with Crippen molar-refractivity contribution in [2.75, 3.05) is 25.0 Å². The van der Waals surface area contributed by atoms with Crippen LogP contribution >= 0.6 is 38.9 Å². The lowest BCUT2D eigenvalue weighted by atomic mass is 10.3. The van der Waals surface area contributed by atoms with Crippen molar-refractivity contribution < 1.29 is 0 Å². The van der Waals surface area contributed by atoms with Gasteiger partial charge in [-0.3, -0.25) is 4.99 Å². The number of rotatable bonds is 4. The lowest BCUT2D eigenvalue weighted by Crippen LogP contribution is -2.44. The predicted molar refractivity (Wildman–Crippen MR) is 105 cm³/mol. The molecule has 3 rings (SSSR count). The Labute approximate surface area is 159 Å². The molecule has 1 aliphatic heterocycles. The molecule has 8 heteroatoms. The summed E-state index contributed by atoms with van der Waals surface area (Å²) in [7, 11) is 1.79. The Morgan fingerprint density at radius 1 is 1.50 bits per heavy atom. The summed E-state index contributed by atoms with van der Waals surface area (Å²) in [6.45, 7) is 2.56. The molecule has 1 unspecified atom stereocenters. The van der Waals surface area contributed by atoms with E-state index in [1.165, 1.54) is 4.88 Å². The van der Waals surface area contributed by atoms with E-state index in [-0.39, 0.29) is 0 Å². The van der Waals surface area contributed by atoms with Gasteiger partial charge in [0.1, 0.15) is 5.82 Å². The second-order valence-electron chi connectivity index (χ2n) is 5.52. The third-order valence-corrected chi connectivity index (χ3v) is 5.77. The molecule has 2 aromatic rings. The van der Waals surface area contributed by atoms with Gasteiger partial charge in [-0.2, -0.15) is 0 Å². The number of thiophene rings is 1. The standard InChI is InChI=1S/C16H19BrClN5S/c1-19-16(21-9-12-4-5-14(17)24-12)22-11-6-8-23(10-11)15-13(18)3-2-7-20-15/h2-5,7,11H,6,8-10H2,1H3,(H2,19,21,22).